The quantitative estimate of drug-likeness (QED) is 0.196. The Balaban J connectivity index is 1.44. The lowest BCUT2D eigenvalue weighted by atomic mass is 10.1. The van der Waals surface area contributed by atoms with Crippen LogP contribution >= 0.6 is 0 Å². The van der Waals surface area contributed by atoms with E-state index in [1.165, 1.54) is 13.1 Å². The molecular formula is C26H40N2O6S. The van der Waals surface area contributed by atoms with E-state index in [-0.39, 0.29) is 12.4 Å². The van der Waals surface area contributed by atoms with E-state index < -0.39 is 16.1 Å². The first-order chi connectivity index (χ1) is 16.9. The average Bonchev–Trinajstić information content (AvgIpc) is 2.87. The molecule has 0 saturated heterocycles. The summed E-state index contributed by atoms with van der Waals surface area (Å²) in [5.41, 5.74) is 2.10. The van der Waals surface area contributed by atoms with E-state index in [0.717, 1.165) is 63.7 Å². The van der Waals surface area contributed by atoms with Gasteiger partial charge in [-0.05, 0) is 81.1 Å². The first-order valence-corrected chi connectivity index (χ1v) is 13.8. The van der Waals surface area contributed by atoms with Gasteiger partial charge in [0.05, 0.1) is 17.6 Å². The molecule has 0 aliphatic carbocycles. The number of unbranched alkanes of at least 4 members (excludes halogenated alkanes) is 4. The van der Waals surface area contributed by atoms with Crippen LogP contribution in [0.2, 0.25) is 0 Å². The van der Waals surface area contributed by atoms with Crippen LogP contribution < -0.4 is 10.0 Å². The van der Waals surface area contributed by atoms with Crippen LogP contribution in [0.4, 0.5) is 0 Å². The van der Waals surface area contributed by atoms with E-state index in [0.29, 0.717) is 29.2 Å². The van der Waals surface area contributed by atoms with E-state index in [4.69, 9.17) is 4.74 Å². The van der Waals surface area contributed by atoms with Crippen LogP contribution in [0, 0.1) is 0 Å². The predicted molar refractivity (Wildman–Crippen MR) is 137 cm³/mol. The summed E-state index contributed by atoms with van der Waals surface area (Å²) >= 11 is 0. The van der Waals surface area contributed by atoms with Crippen LogP contribution in [0.5, 0.6) is 5.75 Å². The fraction of sp³-hybridized carbons (Fsp3) is 0.538. The van der Waals surface area contributed by atoms with Crippen molar-refractivity contribution in [2.24, 2.45) is 0 Å². The molecule has 1 atom stereocenters. The second kappa shape index (κ2) is 15.9. The van der Waals surface area contributed by atoms with Gasteiger partial charge in [-0.2, -0.15) is 0 Å². The van der Waals surface area contributed by atoms with Crippen LogP contribution in [0.15, 0.2) is 47.4 Å². The van der Waals surface area contributed by atoms with Crippen molar-refractivity contribution in [2.45, 2.75) is 62.6 Å². The number of aliphatic hydroxyl groups is 2. The Bertz CT molecular complexity index is 984. The summed E-state index contributed by atoms with van der Waals surface area (Å²) in [5, 5.41) is 32.3. The molecule has 35 heavy (non-hydrogen) atoms. The number of ether oxygens (including phenoxy) is 1. The van der Waals surface area contributed by atoms with Crippen LogP contribution in [0.3, 0.4) is 0 Å². The minimum absolute atomic E-state index is 0.0333. The standard InChI is InChI=1S/C26H40N2O6S/c1-27-35(32,33)24-11-8-10-21(17-24)9-4-7-16-34-15-6-3-2-5-14-28-19-26(31)22-12-13-25(30)23(18-22)20-29/h8,10-13,17-18,26-31H,2-7,9,14-16,19-20H2,1H3/t26-/m1/s1. The Kier molecular flexibility index (Phi) is 13.3. The highest BCUT2D eigenvalue weighted by Crippen LogP contribution is 2.22. The van der Waals surface area contributed by atoms with Crippen molar-refractivity contribution in [3.8, 4) is 5.75 Å². The maximum absolute atomic E-state index is 11.9. The summed E-state index contributed by atoms with van der Waals surface area (Å²) in [5.74, 6) is 0.0333. The number of hydrogen-bond donors (Lipinski definition) is 5. The Hall–Kier alpha value is -2.01. The SMILES string of the molecule is CNS(=O)(=O)c1cccc(CCCCOCCCCCCNC[C@@H](O)c2ccc(O)c(CO)c2)c1. The maximum atomic E-state index is 11.9. The fourth-order valence-electron chi connectivity index (χ4n) is 3.72. The van der Waals surface area contributed by atoms with Crippen molar-refractivity contribution in [3.05, 3.63) is 59.2 Å². The Morgan fingerprint density at radius 3 is 2.46 bits per heavy atom. The molecule has 0 fully saturated rings. The lowest BCUT2D eigenvalue weighted by Gasteiger charge is -2.14. The molecule has 0 spiro atoms. The van der Waals surface area contributed by atoms with Gasteiger partial charge in [-0.3, -0.25) is 0 Å². The Morgan fingerprint density at radius 1 is 0.971 bits per heavy atom. The number of benzene rings is 2. The lowest BCUT2D eigenvalue weighted by molar-refractivity contribution is 0.126. The molecule has 0 aromatic heterocycles. The van der Waals surface area contributed by atoms with Crippen molar-refractivity contribution in [3.63, 3.8) is 0 Å². The Morgan fingerprint density at radius 2 is 1.71 bits per heavy atom. The molecule has 0 aliphatic heterocycles. The van der Waals surface area contributed by atoms with Crippen LogP contribution in [-0.4, -0.2) is 57.1 Å². The van der Waals surface area contributed by atoms with E-state index in [2.05, 4.69) is 10.0 Å². The summed E-state index contributed by atoms with van der Waals surface area (Å²) < 4.78 is 31.8. The van der Waals surface area contributed by atoms with Gasteiger partial charge in [0.15, 0.2) is 0 Å². The number of nitrogens with one attached hydrogen (secondary N) is 2. The third-order valence-electron chi connectivity index (χ3n) is 5.87. The molecule has 0 unspecified atom stereocenters. The molecule has 5 N–H and O–H groups in total. The van der Waals surface area contributed by atoms with Gasteiger partial charge in [0.2, 0.25) is 10.0 Å². The summed E-state index contributed by atoms with van der Waals surface area (Å²) in [6.45, 7) is 2.44. The fourth-order valence-corrected chi connectivity index (χ4v) is 4.52. The molecule has 196 valence electrons. The highest BCUT2D eigenvalue weighted by atomic mass is 32.2. The molecule has 2 rings (SSSR count). The lowest BCUT2D eigenvalue weighted by Crippen LogP contribution is -2.22. The first kappa shape index (κ1) is 29.2. The summed E-state index contributed by atoms with van der Waals surface area (Å²) in [7, 11) is -1.99. The normalized spacial score (nSPS) is 12.7. The highest BCUT2D eigenvalue weighted by Gasteiger charge is 2.11. The molecule has 0 bridgehead atoms. The number of phenols is 1. The zero-order valence-corrected chi connectivity index (χ0v) is 21.4. The van der Waals surface area contributed by atoms with Crippen LogP contribution in [0.1, 0.15) is 61.3 Å². The van der Waals surface area contributed by atoms with Gasteiger partial charge in [0.25, 0.3) is 0 Å². The summed E-state index contributed by atoms with van der Waals surface area (Å²) in [6, 6.07) is 11.8. The topological polar surface area (TPSA) is 128 Å². The van der Waals surface area contributed by atoms with E-state index in [1.807, 2.05) is 6.07 Å². The van der Waals surface area contributed by atoms with Crippen molar-refractivity contribution < 1.29 is 28.5 Å². The third kappa shape index (κ3) is 10.6. The monoisotopic (exact) mass is 508 g/mol. The smallest absolute Gasteiger partial charge is 0.240 e. The third-order valence-corrected chi connectivity index (χ3v) is 7.28. The minimum atomic E-state index is -3.40. The zero-order valence-electron chi connectivity index (χ0n) is 20.6. The van der Waals surface area contributed by atoms with Crippen LogP contribution in [-0.2, 0) is 27.8 Å². The van der Waals surface area contributed by atoms with E-state index in [9.17, 15) is 23.7 Å². The molecule has 0 amide bonds. The van der Waals surface area contributed by atoms with Gasteiger partial charge >= 0.3 is 0 Å². The number of aromatic hydroxyl groups is 1. The van der Waals surface area contributed by atoms with Crippen molar-refractivity contribution in [2.75, 3.05) is 33.4 Å². The molecule has 0 heterocycles. The maximum Gasteiger partial charge on any atom is 0.240 e. The van der Waals surface area contributed by atoms with E-state index >= 15 is 0 Å². The number of hydrogen-bond acceptors (Lipinski definition) is 7. The van der Waals surface area contributed by atoms with Crippen molar-refractivity contribution in [1.29, 1.82) is 0 Å². The number of aryl methyl sites for hydroxylation is 1. The van der Waals surface area contributed by atoms with Gasteiger partial charge in [-0.15, -0.1) is 0 Å². The highest BCUT2D eigenvalue weighted by molar-refractivity contribution is 7.89. The second-order valence-electron chi connectivity index (χ2n) is 8.60. The number of aliphatic hydroxyl groups excluding tert-OH is 2. The molecular weight excluding hydrogens is 468 g/mol. The van der Waals surface area contributed by atoms with Gasteiger partial charge in [0.1, 0.15) is 5.75 Å². The summed E-state index contributed by atoms with van der Waals surface area (Å²) in [6.07, 6.45) is 6.26. The second-order valence-corrected chi connectivity index (χ2v) is 10.5. The molecule has 2 aromatic carbocycles. The van der Waals surface area contributed by atoms with Crippen molar-refractivity contribution >= 4 is 10.0 Å². The molecule has 0 aliphatic rings. The molecule has 2 aromatic rings. The van der Waals surface area contributed by atoms with Gasteiger partial charge < -0.3 is 25.4 Å². The molecule has 0 radical (unpaired) electrons. The molecule has 8 nitrogen and oxygen atoms in total. The minimum Gasteiger partial charge on any atom is -0.508 e. The number of rotatable bonds is 18. The van der Waals surface area contributed by atoms with E-state index in [1.54, 1.807) is 30.3 Å². The number of sulfonamides is 1. The molecule has 0 saturated carbocycles. The zero-order chi connectivity index (χ0) is 25.5. The van der Waals surface area contributed by atoms with Crippen LogP contribution in [0.25, 0.3) is 0 Å². The summed E-state index contributed by atoms with van der Waals surface area (Å²) in [4.78, 5) is 0.300. The van der Waals surface area contributed by atoms with Gasteiger partial charge in [0, 0.05) is 25.3 Å². The van der Waals surface area contributed by atoms with Gasteiger partial charge in [-0.1, -0.05) is 31.0 Å². The largest absolute Gasteiger partial charge is 0.508 e. The predicted octanol–water partition coefficient (Wildman–Crippen LogP) is 3.02. The first-order valence-electron chi connectivity index (χ1n) is 12.3. The van der Waals surface area contributed by atoms with Crippen molar-refractivity contribution in [1.82, 2.24) is 10.0 Å². The molecule has 9 heteroatoms. The van der Waals surface area contributed by atoms with Gasteiger partial charge in [-0.25, -0.2) is 13.1 Å². The average molecular weight is 509 g/mol. The Labute approximate surface area is 209 Å².